The van der Waals surface area contributed by atoms with Crippen molar-refractivity contribution in [2.24, 2.45) is 0 Å². The van der Waals surface area contributed by atoms with Gasteiger partial charge in [-0.25, -0.2) is 0 Å². The molecule has 7 nitrogen and oxygen atoms in total. The van der Waals surface area contributed by atoms with Gasteiger partial charge in [-0.15, -0.1) is 0 Å². The number of hydrogen-bond donors (Lipinski definition) is 3. The average molecular weight is 275 g/mol. The Labute approximate surface area is 116 Å². The van der Waals surface area contributed by atoms with E-state index < -0.39 is 11.8 Å². The predicted octanol–water partition coefficient (Wildman–Crippen LogP) is 1.04. The smallest absolute Gasteiger partial charge is 0.286 e. The molecule has 20 heavy (non-hydrogen) atoms. The van der Waals surface area contributed by atoms with E-state index in [9.17, 15) is 9.59 Å². The summed E-state index contributed by atoms with van der Waals surface area (Å²) in [5.41, 5.74) is 5.21. The minimum Gasteiger partial charge on any atom is -0.357 e. The molecule has 0 aromatic carbocycles. The van der Waals surface area contributed by atoms with E-state index in [0.29, 0.717) is 11.3 Å². The van der Waals surface area contributed by atoms with Gasteiger partial charge in [0.2, 0.25) is 0 Å². The Hall–Kier alpha value is -2.57. The van der Waals surface area contributed by atoms with Crippen LogP contribution in [-0.2, 0) is 5.54 Å². The van der Waals surface area contributed by atoms with Crippen LogP contribution in [0.15, 0.2) is 30.7 Å². The number of aromatic amines is 1. The van der Waals surface area contributed by atoms with E-state index in [1.54, 1.807) is 29.2 Å². The zero-order chi connectivity index (χ0) is 14.8. The van der Waals surface area contributed by atoms with Crippen molar-refractivity contribution in [2.75, 3.05) is 0 Å². The Morgan fingerprint density at radius 3 is 2.50 bits per heavy atom. The van der Waals surface area contributed by atoms with Crippen molar-refractivity contribution in [3.63, 3.8) is 0 Å². The molecule has 0 unspecified atom stereocenters. The summed E-state index contributed by atoms with van der Waals surface area (Å²) in [4.78, 5) is 26.2. The topological polar surface area (TPSA) is 91.8 Å². The monoisotopic (exact) mass is 275 g/mol. The fraction of sp³-hybridized carbons (Fsp3) is 0.308. The van der Waals surface area contributed by atoms with Crippen LogP contribution in [0, 0.1) is 0 Å². The highest BCUT2D eigenvalue weighted by atomic mass is 16.2. The van der Waals surface area contributed by atoms with Gasteiger partial charge in [0.25, 0.3) is 11.8 Å². The van der Waals surface area contributed by atoms with Gasteiger partial charge in [-0.3, -0.25) is 25.1 Å². The third-order valence-corrected chi connectivity index (χ3v) is 2.66. The number of aromatic nitrogens is 3. The normalized spacial score (nSPS) is 11.2. The zero-order valence-corrected chi connectivity index (χ0v) is 11.6. The van der Waals surface area contributed by atoms with E-state index >= 15 is 0 Å². The SMILES string of the molecule is CC(C)(C)n1cc(C(=O)NNC(=O)c2ccc[nH]2)cn1. The first-order valence-corrected chi connectivity index (χ1v) is 6.17. The summed E-state index contributed by atoms with van der Waals surface area (Å²) < 4.78 is 1.69. The molecule has 106 valence electrons. The lowest BCUT2D eigenvalue weighted by Gasteiger charge is -2.18. The molecule has 2 aromatic rings. The highest BCUT2D eigenvalue weighted by Crippen LogP contribution is 2.12. The number of rotatable bonds is 2. The second kappa shape index (κ2) is 5.20. The molecule has 0 spiro atoms. The second-order valence-electron chi connectivity index (χ2n) is 5.34. The van der Waals surface area contributed by atoms with Crippen molar-refractivity contribution < 1.29 is 9.59 Å². The van der Waals surface area contributed by atoms with E-state index in [4.69, 9.17) is 0 Å². The molecule has 3 N–H and O–H groups in total. The molecule has 0 radical (unpaired) electrons. The van der Waals surface area contributed by atoms with Crippen LogP contribution in [0.2, 0.25) is 0 Å². The third-order valence-electron chi connectivity index (χ3n) is 2.66. The standard InChI is InChI=1S/C13H17N5O2/c1-13(2,3)18-8-9(7-15-18)11(19)16-17-12(20)10-5-4-6-14-10/h4-8,14H,1-3H3,(H,16,19)(H,17,20). The Bertz CT molecular complexity index is 607. The molecule has 0 saturated heterocycles. The average Bonchev–Trinajstić information content (AvgIpc) is 3.04. The first-order chi connectivity index (χ1) is 9.38. The third kappa shape index (κ3) is 3.05. The molecule has 0 fully saturated rings. The van der Waals surface area contributed by atoms with Crippen LogP contribution in [-0.4, -0.2) is 26.6 Å². The Morgan fingerprint density at radius 2 is 1.95 bits per heavy atom. The molecule has 2 aromatic heterocycles. The van der Waals surface area contributed by atoms with Crippen molar-refractivity contribution in [3.05, 3.63) is 42.0 Å². The van der Waals surface area contributed by atoms with Crippen LogP contribution in [0.4, 0.5) is 0 Å². The molecule has 2 heterocycles. The van der Waals surface area contributed by atoms with Gasteiger partial charge in [-0.05, 0) is 32.9 Å². The molecule has 0 aliphatic carbocycles. The molecule has 0 bridgehead atoms. The molecule has 0 saturated carbocycles. The minimum atomic E-state index is -0.416. The molecule has 0 atom stereocenters. The number of carbonyl (C=O) groups is 2. The van der Waals surface area contributed by atoms with Crippen molar-refractivity contribution in [2.45, 2.75) is 26.3 Å². The second-order valence-corrected chi connectivity index (χ2v) is 5.34. The van der Waals surface area contributed by atoms with Gasteiger partial charge in [0, 0.05) is 12.4 Å². The summed E-state index contributed by atoms with van der Waals surface area (Å²) >= 11 is 0. The summed E-state index contributed by atoms with van der Waals surface area (Å²) in [6, 6.07) is 3.31. The quantitative estimate of drug-likeness (QED) is 0.715. The molecule has 7 heteroatoms. The van der Waals surface area contributed by atoms with Crippen LogP contribution in [0.25, 0.3) is 0 Å². The predicted molar refractivity (Wildman–Crippen MR) is 72.9 cm³/mol. The summed E-state index contributed by atoms with van der Waals surface area (Å²) in [6.07, 6.45) is 4.72. The molecule has 2 rings (SSSR count). The van der Waals surface area contributed by atoms with E-state index in [2.05, 4.69) is 20.9 Å². The van der Waals surface area contributed by atoms with E-state index in [0.717, 1.165) is 0 Å². The first-order valence-electron chi connectivity index (χ1n) is 6.17. The van der Waals surface area contributed by atoms with Gasteiger partial charge < -0.3 is 4.98 Å². The lowest BCUT2D eigenvalue weighted by atomic mass is 10.1. The molecular formula is C13H17N5O2. The minimum absolute atomic E-state index is 0.202. The van der Waals surface area contributed by atoms with Gasteiger partial charge in [0.1, 0.15) is 5.69 Å². The van der Waals surface area contributed by atoms with Crippen molar-refractivity contribution in [3.8, 4) is 0 Å². The van der Waals surface area contributed by atoms with Crippen molar-refractivity contribution in [1.29, 1.82) is 0 Å². The van der Waals surface area contributed by atoms with Crippen molar-refractivity contribution in [1.82, 2.24) is 25.6 Å². The van der Waals surface area contributed by atoms with Crippen molar-refractivity contribution >= 4 is 11.8 Å². The van der Waals surface area contributed by atoms with Crippen LogP contribution < -0.4 is 10.9 Å². The lowest BCUT2D eigenvalue weighted by molar-refractivity contribution is 0.0844. The fourth-order valence-electron chi connectivity index (χ4n) is 1.53. The maximum absolute atomic E-state index is 11.9. The lowest BCUT2D eigenvalue weighted by Crippen LogP contribution is -2.41. The number of H-pyrrole nitrogens is 1. The maximum Gasteiger partial charge on any atom is 0.286 e. The van der Waals surface area contributed by atoms with Gasteiger partial charge >= 0.3 is 0 Å². The summed E-state index contributed by atoms with van der Waals surface area (Å²) in [6.45, 7) is 5.94. The van der Waals surface area contributed by atoms with Gasteiger partial charge in [-0.1, -0.05) is 0 Å². The first kappa shape index (κ1) is 13.9. The van der Waals surface area contributed by atoms with E-state index in [-0.39, 0.29) is 5.54 Å². The van der Waals surface area contributed by atoms with Crippen LogP contribution in [0.1, 0.15) is 41.6 Å². The largest absolute Gasteiger partial charge is 0.357 e. The molecular weight excluding hydrogens is 258 g/mol. The van der Waals surface area contributed by atoms with Gasteiger partial charge in [-0.2, -0.15) is 5.10 Å². The van der Waals surface area contributed by atoms with Crippen LogP contribution >= 0.6 is 0 Å². The number of nitrogens with zero attached hydrogens (tertiary/aromatic N) is 2. The Balaban J connectivity index is 1.95. The van der Waals surface area contributed by atoms with Gasteiger partial charge in [0.05, 0.1) is 17.3 Å². The number of carbonyl (C=O) groups excluding carboxylic acids is 2. The number of hydrogen-bond acceptors (Lipinski definition) is 3. The summed E-state index contributed by atoms with van der Waals surface area (Å²) in [7, 11) is 0. The number of amides is 2. The maximum atomic E-state index is 11.9. The summed E-state index contributed by atoms with van der Waals surface area (Å²) in [5.74, 6) is -0.827. The highest BCUT2D eigenvalue weighted by molar-refractivity contribution is 5.97. The highest BCUT2D eigenvalue weighted by Gasteiger charge is 2.17. The van der Waals surface area contributed by atoms with Crippen LogP contribution in [0.3, 0.4) is 0 Å². The van der Waals surface area contributed by atoms with Gasteiger partial charge in [0.15, 0.2) is 0 Å². The van der Waals surface area contributed by atoms with Crippen LogP contribution in [0.5, 0.6) is 0 Å². The Morgan fingerprint density at radius 1 is 1.25 bits per heavy atom. The number of hydrazine groups is 1. The fourth-order valence-corrected chi connectivity index (χ4v) is 1.53. The molecule has 2 amide bonds. The summed E-state index contributed by atoms with van der Waals surface area (Å²) in [5, 5.41) is 4.12. The zero-order valence-electron chi connectivity index (χ0n) is 11.6. The number of nitrogens with one attached hydrogen (secondary N) is 3. The molecule has 0 aliphatic rings. The molecule has 0 aliphatic heterocycles. The van der Waals surface area contributed by atoms with E-state index in [1.807, 2.05) is 20.8 Å². The van der Waals surface area contributed by atoms with E-state index in [1.165, 1.54) is 6.20 Å². The Kier molecular flexibility index (Phi) is 3.60.